The lowest BCUT2D eigenvalue weighted by atomic mass is 9.78. The molecule has 0 spiro atoms. The maximum atomic E-state index is 6.28. The van der Waals surface area contributed by atoms with Crippen molar-refractivity contribution in [1.82, 2.24) is 0 Å². The summed E-state index contributed by atoms with van der Waals surface area (Å²) >= 11 is 12.3. The van der Waals surface area contributed by atoms with Crippen molar-refractivity contribution in [2.75, 3.05) is 13.2 Å². The van der Waals surface area contributed by atoms with E-state index in [1.165, 1.54) is 5.56 Å². The molecule has 0 aliphatic heterocycles. The maximum absolute atomic E-state index is 6.28. The summed E-state index contributed by atoms with van der Waals surface area (Å²) < 4.78 is 5.74. The van der Waals surface area contributed by atoms with Gasteiger partial charge in [0.2, 0.25) is 0 Å². The van der Waals surface area contributed by atoms with Crippen LogP contribution in [0.15, 0.2) is 18.2 Å². The Kier molecular flexibility index (Phi) is 6.36. The predicted octanol–water partition coefficient (Wildman–Crippen LogP) is 4.88. The van der Waals surface area contributed by atoms with Gasteiger partial charge in [-0.05, 0) is 61.6 Å². The highest BCUT2D eigenvalue weighted by Crippen LogP contribution is 2.41. The predicted molar refractivity (Wildman–Crippen MR) is 90.2 cm³/mol. The highest BCUT2D eigenvalue weighted by atomic mass is 35.5. The fourth-order valence-electron chi connectivity index (χ4n) is 3.37. The Morgan fingerprint density at radius 3 is 2.67 bits per heavy atom. The summed E-state index contributed by atoms with van der Waals surface area (Å²) in [5.74, 6) is 1.47. The van der Waals surface area contributed by atoms with E-state index in [-0.39, 0.29) is 6.04 Å². The minimum Gasteiger partial charge on any atom is -0.381 e. The SMILES string of the molecule is CCOC[C@H]1[C@H](C)CC[C@H](N)C[C@@H]1c1ccc(Cl)c(Cl)c1. The number of hydrogen-bond acceptors (Lipinski definition) is 2. The Morgan fingerprint density at radius 2 is 2.00 bits per heavy atom. The normalized spacial score (nSPS) is 30.1. The first kappa shape index (κ1) is 17.1. The van der Waals surface area contributed by atoms with Gasteiger partial charge in [-0.15, -0.1) is 0 Å². The largest absolute Gasteiger partial charge is 0.381 e. The quantitative estimate of drug-likeness (QED) is 0.799. The van der Waals surface area contributed by atoms with Crippen LogP contribution in [0.5, 0.6) is 0 Å². The summed E-state index contributed by atoms with van der Waals surface area (Å²) in [7, 11) is 0. The van der Waals surface area contributed by atoms with Crippen molar-refractivity contribution in [3.05, 3.63) is 33.8 Å². The van der Waals surface area contributed by atoms with Crippen LogP contribution in [-0.4, -0.2) is 19.3 Å². The van der Waals surface area contributed by atoms with Crippen LogP contribution in [-0.2, 0) is 4.74 Å². The van der Waals surface area contributed by atoms with Gasteiger partial charge in [0.15, 0.2) is 0 Å². The van der Waals surface area contributed by atoms with Crippen molar-refractivity contribution in [1.29, 1.82) is 0 Å². The first-order valence-electron chi connectivity index (χ1n) is 7.81. The molecular weight excluding hydrogens is 305 g/mol. The summed E-state index contributed by atoms with van der Waals surface area (Å²) in [4.78, 5) is 0. The van der Waals surface area contributed by atoms with Gasteiger partial charge in [0.25, 0.3) is 0 Å². The number of benzene rings is 1. The molecule has 0 unspecified atom stereocenters. The monoisotopic (exact) mass is 329 g/mol. The molecule has 0 amide bonds. The van der Waals surface area contributed by atoms with E-state index in [2.05, 4.69) is 13.0 Å². The lowest BCUT2D eigenvalue weighted by Crippen LogP contribution is -2.26. The van der Waals surface area contributed by atoms with Crippen molar-refractivity contribution in [3.8, 4) is 0 Å². The molecule has 4 atom stereocenters. The molecule has 0 aromatic heterocycles. The molecule has 1 fully saturated rings. The third-order valence-electron chi connectivity index (χ3n) is 4.68. The van der Waals surface area contributed by atoms with Crippen molar-refractivity contribution in [3.63, 3.8) is 0 Å². The van der Waals surface area contributed by atoms with Crippen LogP contribution in [0.1, 0.15) is 44.6 Å². The number of nitrogens with two attached hydrogens (primary N) is 1. The van der Waals surface area contributed by atoms with E-state index in [1.54, 1.807) is 0 Å². The van der Waals surface area contributed by atoms with Crippen LogP contribution in [0.4, 0.5) is 0 Å². The van der Waals surface area contributed by atoms with Crippen molar-refractivity contribution >= 4 is 23.2 Å². The third kappa shape index (κ3) is 4.35. The van der Waals surface area contributed by atoms with E-state index in [9.17, 15) is 0 Å². The molecule has 2 N–H and O–H groups in total. The number of ether oxygens (including phenoxy) is 1. The second-order valence-electron chi connectivity index (χ2n) is 6.15. The molecule has 2 nitrogen and oxygen atoms in total. The highest BCUT2D eigenvalue weighted by Gasteiger charge is 2.33. The van der Waals surface area contributed by atoms with Gasteiger partial charge in [0.1, 0.15) is 0 Å². The van der Waals surface area contributed by atoms with Gasteiger partial charge in [-0.25, -0.2) is 0 Å². The molecule has 0 saturated heterocycles. The Labute approximate surface area is 137 Å². The molecule has 21 heavy (non-hydrogen) atoms. The van der Waals surface area contributed by atoms with Crippen LogP contribution in [0, 0.1) is 11.8 Å². The molecule has 118 valence electrons. The molecule has 2 rings (SSSR count). The fourth-order valence-corrected chi connectivity index (χ4v) is 3.67. The first-order valence-corrected chi connectivity index (χ1v) is 8.56. The lowest BCUT2D eigenvalue weighted by Gasteiger charge is -2.30. The standard InChI is InChI=1S/C17H25Cl2NO/c1-3-21-10-15-11(2)4-6-13(20)9-14(15)12-5-7-16(18)17(19)8-12/h5,7-8,11,13-15H,3-4,6,9-10,20H2,1-2H3/t11-,13+,14-,15+/m1/s1. The molecule has 1 aromatic carbocycles. The molecule has 1 saturated carbocycles. The van der Waals surface area contributed by atoms with E-state index in [0.717, 1.165) is 32.5 Å². The van der Waals surface area contributed by atoms with Gasteiger partial charge in [-0.3, -0.25) is 0 Å². The van der Waals surface area contributed by atoms with E-state index >= 15 is 0 Å². The molecule has 0 bridgehead atoms. The summed E-state index contributed by atoms with van der Waals surface area (Å²) in [5, 5.41) is 1.22. The summed E-state index contributed by atoms with van der Waals surface area (Å²) in [6.45, 7) is 5.90. The van der Waals surface area contributed by atoms with Gasteiger partial charge in [-0.1, -0.05) is 36.2 Å². The Balaban J connectivity index is 2.29. The Hall–Kier alpha value is -0.280. The highest BCUT2D eigenvalue weighted by molar-refractivity contribution is 6.42. The minimum absolute atomic E-state index is 0.249. The average molecular weight is 330 g/mol. The topological polar surface area (TPSA) is 35.2 Å². The fraction of sp³-hybridized carbons (Fsp3) is 0.647. The molecule has 1 aromatic rings. The third-order valence-corrected chi connectivity index (χ3v) is 5.42. The van der Waals surface area contributed by atoms with Gasteiger partial charge >= 0.3 is 0 Å². The minimum atomic E-state index is 0.249. The van der Waals surface area contributed by atoms with E-state index in [4.69, 9.17) is 33.7 Å². The second-order valence-corrected chi connectivity index (χ2v) is 6.97. The smallest absolute Gasteiger partial charge is 0.0595 e. The van der Waals surface area contributed by atoms with Gasteiger partial charge in [0, 0.05) is 12.6 Å². The van der Waals surface area contributed by atoms with Gasteiger partial charge < -0.3 is 10.5 Å². The molecule has 1 aliphatic carbocycles. The lowest BCUT2D eigenvalue weighted by molar-refractivity contribution is 0.0767. The Bertz CT molecular complexity index is 466. The number of hydrogen-bond donors (Lipinski definition) is 1. The van der Waals surface area contributed by atoms with Crippen LogP contribution in [0.25, 0.3) is 0 Å². The average Bonchev–Trinajstić information content (AvgIpc) is 2.60. The number of halogens is 2. The van der Waals surface area contributed by atoms with Gasteiger partial charge in [-0.2, -0.15) is 0 Å². The zero-order valence-corrected chi connectivity index (χ0v) is 14.3. The molecule has 1 aliphatic rings. The zero-order valence-electron chi connectivity index (χ0n) is 12.8. The molecule has 0 radical (unpaired) electrons. The van der Waals surface area contributed by atoms with Crippen molar-refractivity contribution in [2.24, 2.45) is 17.6 Å². The Morgan fingerprint density at radius 1 is 1.24 bits per heavy atom. The van der Waals surface area contributed by atoms with E-state index < -0.39 is 0 Å². The van der Waals surface area contributed by atoms with Crippen molar-refractivity contribution < 1.29 is 4.74 Å². The summed E-state index contributed by atoms with van der Waals surface area (Å²) in [5.41, 5.74) is 7.52. The summed E-state index contributed by atoms with van der Waals surface area (Å²) in [6.07, 6.45) is 3.23. The van der Waals surface area contributed by atoms with Crippen molar-refractivity contribution in [2.45, 2.75) is 45.1 Å². The summed E-state index contributed by atoms with van der Waals surface area (Å²) in [6, 6.07) is 6.22. The molecule has 4 heteroatoms. The maximum Gasteiger partial charge on any atom is 0.0595 e. The van der Waals surface area contributed by atoms with Crippen LogP contribution >= 0.6 is 23.2 Å². The van der Waals surface area contributed by atoms with Gasteiger partial charge in [0.05, 0.1) is 16.7 Å². The van der Waals surface area contributed by atoms with Crippen LogP contribution in [0.3, 0.4) is 0 Å². The number of rotatable bonds is 4. The van der Waals surface area contributed by atoms with Crippen LogP contribution < -0.4 is 5.73 Å². The molecular formula is C17H25Cl2NO. The van der Waals surface area contributed by atoms with Crippen LogP contribution in [0.2, 0.25) is 10.0 Å². The first-order chi connectivity index (χ1) is 10.0. The zero-order chi connectivity index (χ0) is 15.4. The van der Waals surface area contributed by atoms with E-state index in [0.29, 0.717) is 27.8 Å². The van der Waals surface area contributed by atoms with E-state index in [1.807, 2.05) is 19.1 Å². The molecule has 0 heterocycles. The second kappa shape index (κ2) is 7.82.